The van der Waals surface area contributed by atoms with Gasteiger partial charge in [-0.2, -0.15) is 26.3 Å². The van der Waals surface area contributed by atoms with Crippen molar-refractivity contribution >= 4 is 23.6 Å². The van der Waals surface area contributed by atoms with Gasteiger partial charge in [-0.3, -0.25) is 0 Å². The fourth-order valence-electron chi connectivity index (χ4n) is 3.43. The monoisotopic (exact) mass is 586 g/mol. The number of nitrogens with zero attached hydrogens (tertiary/aromatic N) is 3. The summed E-state index contributed by atoms with van der Waals surface area (Å²) in [6.07, 6.45) is -9.22. The summed E-state index contributed by atoms with van der Waals surface area (Å²) >= 11 is 5.69. The van der Waals surface area contributed by atoms with E-state index in [0.717, 1.165) is 12.1 Å². The van der Waals surface area contributed by atoms with Crippen LogP contribution in [0.4, 0.5) is 35.1 Å². The highest BCUT2D eigenvalue weighted by atomic mass is 35.5. The van der Waals surface area contributed by atoms with E-state index in [-0.39, 0.29) is 33.3 Å². The van der Waals surface area contributed by atoms with Crippen LogP contribution in [0.15, 0.2) is 46.0 Å². The number of hydrogen-bond acceptors (Lipinski definition) is 7. The molecule has 3 heterocycles. The van der Waals surface area contributed by atoms with Crippen molar-refractivity contribution in [2.75, 3.05) is 0 Å². The van der Waals surface area contributed by atoms with Gasteiger partial charge in [0.05, 0.1) is 5.02 Å². The Morgan fingerprint density at radius 2 is 1.77 bits per heavy atom. The Hall–Kier alpha value is -3.95. The maximum absolute atomic E-state index is 14.7. The lowest BCUT2D eigenvalue weighted by molar-refractivity contribution is -0.192. The van der Waals surface area contributed by atoms with E-state index in [1.165, 1.54) is 31.3 Å². The first-order valence-corrected chi connectivity index (χ1v) is 10.8. The minimum atomic E-state index is -5.08. The molecule has 0 aliphatic carbocycles. The Bertz CT molecular complexity index is 1410. The number of halogens is 9. The van der Waals surface area contributed by atoms with Crippen LogP contribution in [0, 0.1) is 11.6 Å². The van der Waals surface area contributed by atoms with Crippen LogP contribution in [0.2, 0.25) is 5.02 Å². The lowest BCUT2D eigenvalue weighted by atomic mass is 9.86. The van der Waals surface area contributed by atoms with Crippen LogP contribution >= 0.6 is 11.6 Å². The van der Waals surface area contributed by atoms with Gasteiger partial charge in [0.2, 0.25) is 0 Å². The molecular formula is C22H15ClF8N4O4. The second-order valence-corrected chi connectivity index (χ2v) is 8.56. The number of carboxylic acid groups (broad SMARTS) is 1. The van der Waals surface area contributed by atoms with Gasteiger partial charge in [-0.25, -0.2) is 23.6 Å². The van der Waals surface area contributed by atoms with Crippen LogP contribution in [-0.4, -0.2) is 45.6 Å². The van der Waals surface area contributed by atoms with E-state index in [1.807, 2.05) is 0 Å². The van der Waals surface area contributed by atoms with Crippen molar-refractivity contribution in [2.45, 2.75) is 37.3 Å². The average Bonchev–Trinajstić information content (AvgIpc) is 3.28. The van der Waals surface area contributed by atoms with Crippen LogP contribution in [0.25, 0.3) is 22.7 Å². The third kappa shape index (κ3) is 6.93. The van der Waals surface area contributed by atoms with Crippen LogP contribution < -0.4 is 5.73 Å². The number of carboxylic acids is 1. The van der Waals surface area contributed by atoms with E-state index < -0.39 is 54.0 Å². The summed E-state index contributed by atoms with van der Waals surface area (Å²) in [6, 6.07) is 3.20. The first kappa shape index (κ1) is 29.6. The lowest BCUT2D eigenvalue weighted by Gasteiger charge is -2.37. The number of pyridine rings is 1. The van der Waals surface area contributed by atoms with E-state index >= 15 is 0 Å². The maximum Gasteiger partial charge on any atom is 0.490 e. The number of aliphatic imine (C=N–C) groups is 1. The number of alkyl halides is 6. The predicted molar refractivity (Wildman–Crippen MR) is 118 cm³/mol. The van der Waals surface area contributed by atoms with E-state index in [0.29, 0.717) is 0 Å². The molecule has 0 radical (unpaired) electrons. The highest BCUT2D eigenvalue weighted by Gasteiger charge is 2.49. The van der Waals surface area contributed by atoms with Crippen LogP contribution in [0.1, 0.15) is 18.9 Å². The van der Waals surface area contributed by atoms with E-state index in [9.17, 15) is 35.1 Å². The molecule has 4 rings (SSSR count). The second kappa shape index (κ2) is 10.7. The van der Waals surface area contributed by atoms with Gasteiger partial charge in [0, 0.05) is 29.8 Å². The summed E-state index contributed by atoms with van der Waals surface area (Å²) in [6.45, 7) is 1.29. The molecule has 0 amide bonds. The Morgan fingerprint density at radius 3 is 2.33 bits per heavy atom. The van der Waals surface area contributed by atoms with Crippen molar-refractivity contribution in [2.24, 2.45) is 10.7 Å². The maximum atomic E-state index is 14.7. The van der Waals surface area contributed by atoms with Crippen LogP contribution in [0.5, 0.6) is 0 Å². The molecule has 210 valence electrons. The van der Waals surface area contributed by atoms with Gasteiger partial charge in [-0.1, -0.05) is 16.8 Å². The largest absolute Gasteiger partial charge is 0.490 e. The van der Waals surface area contributed by atoms with Crippen molar-refractivity contribution in [3.05, 3.63) is 58.7 Å². The number of aliphatic carboxylic acids is 1. The lowest BCUT2D eigenvalue weighted by Crippen LogP contribution is -2.46. The van der Waals surface area contributed by atoms with Crippen LogP contribution in [0.3, 0.4) is 0 Å². The standard InChI is InChI=1S/C20H14ClF5N4O2.C2HF3O2/c1-19(7-16(20(24,25)26)29-18(27)31-19)11-4-9(2-3-12(11)22)15-6-14(30-32-15)17-13(23)5-10(21)8-28-17;3-2(4,5)1(6)7/h2-6,8,16H,7H2,1H3,(H2,27,29);(H,6,7)/t16-,19-;/m0./s1. The minimum Gasteiger partial charge on any atom is -0.475 e. The third-order valence-electron chi connectivity index (χ3n) is 5.20. The molecule has 3 N–H and O–H groups in total. The van der Waals surface area contributed by atoms with E-state index in [1.54, 1.807) is 0 Å². The molecule has 1 aromatic carbocycles. The molecule has 0 spiro atoms. The Morgan fingerprint density at radius 1 is 1.13 bits per heavy atom. The molecule has 17 heteroatoms. The molecule has 0 saturated carbocycles. The van der Waals surface area contributed by atoms with Crippen LogP contribution in [-0.2, 0) is 15.1 Å². The van der Waals surface area contributed by atoms with Crippen molar-refractivity contribution < 1.29 is 54.3 Å². The first-order chi connectivity index (χ1) is 17.9. The number of rotatable bonds is 3. The quantitative estimate of drug-likeness (QED) is 0.369. The molecule has 39 heavy (non-hydrogen) atoms. The zero-order valence-electron chi connectivity index (χ0n) is 19.2. The van der Waals surface area contributed by atoms with Gasteiger partial charge < -0.3 is 20.1 Å². The van der Waals surface area contributed by atoms with Gasteiger partial charge >= 0.3 is 18.3 Å². The molecule has 0 saturated heterocycles. The summed E-state index contributed by atoms with van der Waals surface area (Å²) in [4.78, 5) is 16.0. The summed E-state index contributed by atoms with van der Waals surface area (Å²) < 4.78 is 111. The molecule has 8 nitrogen and oxygen atoms in total. The molecule has 3 aromatic rings. The van der Waals surface area contributed by atoms with Gasteiger partial charge in [0.25, 0.3) is 6.02 Å². The third-order valence-corrected chi connectivity index (χ3v) is 5.40. The highest BCUT2D eigenvalue weighted by Crippen LogP contribution is 2.42. The predicted octanol–water partition coefficient (Wildman–Crippen LogP) is 5.85. The molecule has 1 aliphatic heterocycles. The number of carbonyl (C=O) groups is 1. The fraction of sp³-hybridized carbons (Fsp3) is 0.273. The normalized spacial score (nSPS) is 19.4. The zero-order chi connectivity index (χ0) is 29.3. The zero-order valence-corrected chi connectivity index (χ0v) is 20.0. The smallest absolute Gasteiger partial charge is 0.475 e. The van der Waals surface area contributed by atoms with Crippen molar-refractivity contribution in [3.63, 3.8) is 0 Å². The second-order valence-electron chi connectivity index (χ2n) is 8.12. The SMILES string of the molecule is C[C@@]1(c2cc(-c3cc(-c4ncc(Cl)cc4F)no3)ccc2F)C[C@@H](C(F)(F)F)N=C(N)O1.O=C(O)C(F)(F)F. The fourth-order valence-corrected chi connectivity index (χ4v) is 3.58. The Labute approximate surface area is 218 Å². The number of hydrogen-bond donors (Lipinski definition) is 2. The molecule has 0 fully saturated rings. The summed E-state index contributed by atoms with van der Waals surface area (Å²) in [5, 5.41) is 11.0. The van der Waals surface area contributed by atoms with Gasteiger partial charge in [0.15, 0.2) is 17.6 Å². The number of nitrogens with two attached hydrogens (primary N) is 1. The summed E-state index contributed by atoms with van der Waals surface area (Å²) in [5.41, 5.74) is 3.71. The number of benzene rings is 1. The van der Waals surface area contributed by atoms with Crippen molar-refractivity contribution in [1.82, 2.24) is 10.1 Å². The van der Waals surface area contributed by atoms with Gasteiger partial charge in [0.1, 0.15) is 22.8 Å². The average molecular weight is 587 g/mol. The Kier molecular flexibility index (Phi) is 8.10. The molecule has 1 aliphatic rings. The van der Waals surface area contributed by atoms with Gasteiger partial charge in [-0.15, -0.1) is 0 Å². The highest BCUT2D eigenvalue weighted by molar-refractivity contribution is 6.30. The summed E-state index contributed by atoms with van der Waals surface area (Å²) in [5.74, 6) is -4.19. The molecular weight excluding hydrogens is 572 g/mol. The molecule has 0 unspecified atom stereocenters. The van der Waals surface area contributed by atoms with E-state index in [4.69, 9.17) is 36.5 Å². The molecule has 2 aromatic heterocycles. The van der Waals surface area contributed by atoms with Crippen molar-refractivity contribution in [3.8, 4) is 22.7 Å². The number of ether oxygens (including phenoxy) is 1. The molecule has 0 bridgehead atoms. The number of amidine groups is 1. The van der Waals surface area contributed by atoms with Gasteiger partial charge in [-0.05, 0) is 31.2 Å². The van der Waals surface area contributed by atoms with E-state index in [2.05, 4.69) is 15.1 Å². The Balaban J connectivity index is 0.000000532. The first-order valence-electron chi connectivity index (χ1n) is 10.4. The number of aromatic nitrogens is 2. The minimum absolute atomic E-state index is 0.0497. The molecule has 2 atom stereocenters. The topological polar surface area (TPSA) is 124 Å². The van der Waals surface area contributed by atoms with Crippen molar-refractivity contribution in [1.29, 1.82) is 0 Å². The summed E-state index contributed by atoms with van der Waals surface area (Å²) in [7, 11) is 0.